The first-order valence-electron chi connectivity index (χ1n) is 6.10. The van der Waals surface area contributed by atoms with Gasteiger partial charge in [-0.05, 0) is 29.5 Å². The summed E-state index contributed by atoms with van der Waals surface area (Å²) >= 11 is 0. The highest BCUT2D eigenvalue weighted by Gasteiger charge is 2.32. The molecular formula is C14H20N2O. The van der Waals surface area contributed by atoms with Gasteiger partial charge in [-0.25, -0.2) is 0 Å². The van der Waals surface area contributed by atoms with Crippen molar-refractivity contribution < 1.29 is 4.79 Å². The zero-order valence-corrected chi connectivity index (χ0v) is 10.6. The molecule has 17 heavy (non-hydrogen) atoms. The van der Waals surface area contributed by atoms with Gasteiger partial charge in [-0.2, -0.15) is 0 Å². The molecule has 1 fully saturated rings. The van der Waals surface area contributed by atoms with Crippen LogP contribution in [0.15, 0.2) is 24.3 Å². The zero-order valence-electron chi connectivity index (χ0n) is 10.6. The SMILES string of the molecule is CC1(C)CCN(C(=O)c2ccc(CN)cc2)C1. The quantitative estimate of drug-likeness (QED) is 0.848. The van der Waals surface area contributed by atoms with Crippen LogP contribution in [-0.4, -0.2) is 23.9 Å². The van der Waals surface area contributed by atoms with Crippen molar-refractivity contribution >= 4 is 5.91 Å². The number of nitrogens with zero attached hydrogens (tertiary/aromatic N) is 1. The predicted octanol–water partition coefficient (Wildman–Crippen LogP) is 2.02. The highest BCUT2D eigenvalue weighted by Crippen LogP contribution is 2.29. The number of likely N-dealkylation sites (tertiary alicyclic amines) is 1. The van der Waals surface area contributed by atoms with E-state index in [2.05, 4.69) is 13.8 Å². The largest absolute Gasteiger partial charge is 0.338 e. The van der Waals surface area contributed by atoms with E-state index in [4.69, 9.17) is 5.73 Å². The van der Waals surface area contributed by atoms with Gasteiger partial charge in [0.15, 0.2) is 0 Å². The molecule has 3 heteroatoms. The first-order chi connectivity index (χ1) is 8.02. The lowest BCUT2D eigenvalue weighted by Gasteiger charge is -2.19. The van der Waals surface area contributed by atoms with Gasteiger partial charge in [-0.3, -0.25) is 4.79 Å². The fourth-order valence-electron chi connectivity index (χ4n) is 2.25. The molecule has 0 saturated carbocycles. The van der Waals surface area contributed by atoms with Crippen molar-refractivity contribution in [2.45, 2.75) is 26.8 Å². The van der Waals surface area contributed by atoms with Crippen LogP contribution in [0.3, 0.4) is 0 Å². The second-order valence-electron chi connectivity index (χ2n) is 5.54. The van der Waals surface area contributed by atoms with Crippen molar-refractivity contribution in [3.05, 3.63) is 35.4 Å². The lowest BCUT2D eigenvalue weighted by Crippen LogP contribution is -2.30. The van der Waals surface area contributed by atoms with Crippen molar-refractivity contribution in [3.63, 3.8) is 0 Å². The van der Waals surface area contributed by atoms with Gasteiger partial charge in [0, 0.05) is 25.2 Å². The zero-order chi connectivity index (χ0) is 12.5. The van der Waals surface area contributed by atoms with Gasteiger partial charge in [-0.15, -0.1) is 0 Å². The molecule has 0 radical (unpaired) electrons. The van der Waals surface area contributed by atoms with E-state index in [0.717, 1.165) is 30.6 Å². The van der Waals surface area contributed by atoms with Gasteiger partial charge >= 0.3 is 0 Å². The summed E-state index contributed by atoms with van der Waals surface area (Å²) in [5, 5.41) is 0. The Kier molecular flexibility index (Phi) is 3.20. The Morgan fingerprint density at radius 3 is 2.47 bits per heavy atom. The molecule has 0 unspecified atom stereocenters. The Balaban J connectivity index is 2.09. The molecule has 0 aromatic heterocycles. The monoisotopic (exact) mass is 232 g/mol. The van der Waals surface area contributed by atoms with Crippen LogP contribution < -0.4 is 5.73 Å². The number of amides is 1. The molecule has 0 spiro atoms. The van der Waals surface area contributed by atoms with Crippen LogP contribution in [0, 0.1) is 5.41 Å². The maximum Gasteiger partial charge on any atom is 0.253 e. The first-order valence-corrected chi connectivity index (χ1v) is 6.10. The molecule has 1 heterocycles. The van der Waals surface area contributed by atoms with E-state index in [1.54, 1.807) is 0 Å². The van der Waals surface area contributed by atoms with Crippen molar-refractivity contribution in [1.82, 2.24) is 4.90 Å². The summed E-state index contributed by atoms with van der Waals surface area (Å²) in [6, 6.07) is 7.59. The number of hydrogen-bond donors (Lipinski definition) is 1. The van der Waals surface area contributed by atoms with Crippen LogP contribution >= 0.6 is 0 Å². The average Bonchev–Trinajstić information content (AvgIpc) is 2.69. The Morgan fingerprint density at radius 2 is 2.00 bits per heavy atom. The number of benzene rings is 1. The molecule has 1 aromatic carbocycles. The summed E-state index contributed by atoms with van der Waals surface area (Å²) in [6.07, 6.45) is 1.08. The van der Waals surface area contributed by atoms with Gasteiger partial charge in [0.1, 0.15) is 0 Å². The molecule has 1 saturated heterocycles. The molecule has 2 N–H and O–H groups in total. The van der Waals surface area contributed by atoms with Crippen LogP contribution in [0.1, 0.15) is 36.2 Å². The predicted molar refractivity (Wildman–Crippen MR) is 68.6 cm³/mol. The number of carbonyl (C=O) groups is 1. The second kappa shape index (κ2) is 4.49. The summed E-state index contributed by atoms with van der Waals surface area (Å²) in [7, 11) is 0. The maximum absolute atomic E-state index is 12.2. The van der Waals surface area contributed by atoms with Crippen molar-refractivity contribution in [1.29, 1.82) is 0 Å². The van der Waals surface area contributed by atoms with Gasteiger partial charge in [-0.1, -0.05) is 26.0 Å². The van der Waals surface area contributed by atoms with E-state index in [-0.39, 0.29) is 11.3 Å². The molecular weight excluding hydrogens is 212 g/mol. The van der Waals surface area contributed by atoms with E-state index in [0.29, 0.717) is 6.54 Å². The summed E-state index contributed by atoms with van der Waals surface area (Å²) in [5.41, 5.74) is 7.62. The van der Waals surface area contributed by atoms with E-state index >= 15 is 0 Å². The normalized spacial score (nSPS) is 18.4. The number of hydrogen-bond acceptors (Lipinski definition) is 2. The minimum Gasteiger partial charge on any atom is -0.338 e. The van der Waals surface area contributed by atoms with Crippen molar-refractivity contribution in [2.75, 3.05) is 13.1 Å². The molecule has 1 aliphatic rings. The summed E-state index contributed by atoms with van der Waals surface area (Å²) < 4.78 is 0. The Bertz CT molecular complexity index is 409. The van der Waals surface area contributed by atoms with Crippen LogP contribution in [0.25, 0.3) is 0 Å². The van der Waals surface area contributed by atoms with Gasteiger partial charge in [0.25, 0.3) is 5.91 Å². The van der Waals surface area contributed by atoms with E-state index < -0.39 is 0 Å². The molecule has 92 valence electrons. The Hall–Kier alpha value is -1.35. The first kappa shape index (κ1) is 12.1. The smallest absolute Gasteiger partial charge is 0.253 e. The molecule has 0 bridgehead atoms. The lowest BCUT2D eigenvalue weighted by atomic mass is 9.93. The summed E-state index contributed by atoms with van der Waals surface area (Å²) in [6.45, 7) is 6.65. The number of nitrogens with two attached hydrogens (primary N) is 1. The fourth-order valence-corrected chi connectivity index (χ4v) is 2.25. The van der Waals surface area contributed by atoms with Crippen LogP contribution in [0.5, 0.6) is 0 Å². The van der Waals surface area contributed by atoms with E-state index in [1.807, 2.05) is 29.2 Å². The Labute approximate surface area is 103 Å². The maximum atomic E-state index is 12.2. The van der Waals surface area contributed by atoms with E-state index in [9.17, 15) is 4.79 Å². The highest BCUT2D eigenvalue weighted by molar-refractivity contribution is 5.94. The lowest BCUT2D eigenvalue weighted by molar-refractivity contribution is 0.0778. The van der Waals surface area contributed by atoms with Crippen LogP contribution in [0.4, 0.5) is 0 Å². The topological polar surface area (TPSA) is 46.3 Å². The standard InChI is InChI=1S/C14H20N2O/c1-14(2)7-8-16(10-14)13(17)12-5-3-11(9-15)4-6-12/h3-6H,7-10,15H2,1-2H3. The number of rotatable bonds is 2. The minimum atomic E-state index is 0.138. The second-order valence-corrected chi connectivity index (χ2v) is 5.54. The Morgan fingerprint density at radius 1 is 1.35 bits per heavy atom. The molecule has 0 aliphatic carbocycles. The highest BCUT2D eigenvalue weighted by atomic mass is 16.2. The van der Waals surface area contributed by atoms with Gasteiger partial charge in [0.05, 0.1) is 0 Å². The average molecular weight is 232 g/mol. The molecule has 2 rings (SSSR count). The molecule has 1 aromatic rings. The molecule has 3 nitrogen and oxygen atoms in total. The summed E-state index contributed by atoms with van der Waals surface area (Å²) in [4.78, 5) is 14.2. The van der Waals surface area contributed by atoms with Gasteiger partial charge < -0.3 is 10.6 Å². The third kappa shape index (κ3) is 2.67. The minimum absolute atomic E-state index is 0.138. The van der Waals surface area contributed by atoms with Crippen molar-refractivity contribution in [3.8, 4) is 0 Å². The molecule has 1 aliphatic heterocycles. The van der Waals surface area contributed by atoms with Crippen molar-refractivity contribution in [2.24, 2.45) is 11.1 Å². The fraction of sp³-hybridized carbons (Fsp3) is 0.500. The third-order valence-corrected chi connectivity index (χ3v) is 3.40. The van der Waals surface area contributed by atoms with Crippen LogP contribution in [-0.2, 0) is 6.54 Å². The van der Waals surface area contributed by atoms with Gasteiger partial charge in [0.2, 0.25) is 0 Å². The third-order valence-electron chi connectivity index (χ3n) is 3.40. The summed E-state index contributed by atoms with van der Waals surface area (Å²) in [5.74, 6) is 0.138. The van der Waals surface area contributed by atoms with E-state index in [1.165, 1.54) is 0 Å². The molecule has 1 amide bonds. The van der Waals surface area contributed by atoms with Crippen LogP contribution in [0.2, 0.25) is 0 Å². The molecule has 0 atom stereocenters. The number of carbonyl (C=O) groups excluding carboxylic acids is 1.